The van der Waals surface area contributed by atoms with E-state index in [9.17, 15) is 0 Å². The van der Waals surface area contributed by atoms with Gasteiger partial charge < -0.3 is 10.3 Å². The van der Waals surface area contributed by atoms with Gasteiger partial charge in [0.25, 0.3) is 0 Å². The first kappa shape index (κ1) is 9.22. The zero-order chi connectivity index (χ0) is 11.1. The predicted molar refractivity (Wildman–Crippen MR) is 61.8 cm³/mol. The Morgan fingerprint density at radius 2 is 2.19 bits per heavy atom. The molecule has 0 saturated heterocycles. The van der Waals surface area contributed by atoms with Crippen LogP contribution in [0.2, 0.25) is 0 Å². The monoisotopic (exact) mass is 232 g/mol. The van der Waals surface area contributed by atoms with E-state index in [-0.39, 0.29) is 5.95 Å². The Morgan fingerprint density at radius 3 is 2.94 bits per heavy atom. The summed E-state index contributed by atoms with van der Waals surface area (Å²) in [4.78, 5) is 16.8. The number of nitrogen functional groups attached to an aromatic ring is 1. The number of imidazole rings is 1. The molecule has 0 atom stereocenters. The second-order valence-electron chi connectivity index (χ2n) is 3.30. The number of hydrogen-bond donors (Lipinski definition) is 1. The van der Waals surface area contributed by atoms with Gasteiger partial charge in [0.1, 0.15) is 16.2 Å². The normalized spacial score (nSPS) is 11.1. The summed E-state index contributed by atoms with van der Waals surface area (Å²) >= 11 is 1.50. The number of nitrogens with two attached hydrogens (primary N) is 1. The van der Waals surface area contributed by atoms with E-state index < -0.39 is 0 Å². The third-order valence-electron chi connectivity index (χ3n) is 2.21. The smallest absolute Gasteiger partial charge is 0.222 e. The van der Waals surface area contributed by atoms with Crippen molar-refractivity contribution in [3.05, 3.63) is 17.9 Å². The molecule has 0 spiro atoms. The lowest BCUT2D eigenvalue weighted by molar-refractivity contribution is 0.930. The largest absolute Gasteiger partial charge is 0.368 e. The van der Waals surface area contributed by atoms with Gasteiger partial charge >= 0.3 is 0 Å². The maximum absolute atomic E-state index is 5.67. The molecule has 0 bridgehead atoms. The van der Waals surface area contributed by atoms with E-state index in [1.165, 1.54) is 11.3 Å². The lowest BCUT2D eigenvalue weighted by Crippen LogP contribution is -1.99. The van der Waals surface area contributed by atoms with Crippen LogP contribution >= 0.6 is 11.3 Å². The maximum atomic E-state index is 5.67. The van der Waals surface area contributed by atoms with E-state index in [1.54, 1.807) is 12.5 Å². The van der Waals surface area contributed by atoms with E-state index >= 15 is 0 Å². The average Bonchev–Trinajstić information content (AvgIpc) is 2.88. The first-order valence-corrected chi connectivity index (χ1v) is 5.48. The Bertz CT molecular complexity index is 641. The summed E-state index contributed by atoms with van der Waals surface area (Å²) in [7, 11) is 1.87. The summed E-state index contributed by atoms with van der Waals surface area (Å²) in [6.45, 7) is 0. The van der Waals surface area contributed by atoms with Crippen molar-refractivity contribution in [2.45, 2.75) is 0 Å². The molecule has 0 amide bonds. The van der Waals surface area contributed by atoms with Crippen molar-refractivity contribution in [1.29, 1.82) is 0 Å². The Balaban J connectivity index is 2.39. The topological polar surface area (TPSA) is 82.5 Å². The van der Waals surface area contributed by atoms with Crippen molar-refractivity contribution in [2.24, 2.45) is 7.05 Å². The molecule has 3 heterocycles. The number of rotatable bonds is 1. The van der Waals surface area contributed by atoms with Gasteiger partial charge in [-0.1, -0.05) is 0 Å². The van der Waals surface area contributed by atoms with Crippen LogP contribution in [0.4, 0.5) is 5.95 Å². The van der Waals surface area contributed by atoms with Crippen LogP contribution in [0.15, 0.2) is 17.9 Å². The summed E-state index contributed by atoms with van der Waals surface area (Å²) in [5.74, 6) is 0.237. The predicted octanol–water partition coefficient (Wildman–Crippen LogP) is 1.07. The molecule has 3 aromatic heterocycles. The third kappa shape index (κ3) is 1.25. The molecule has 16 heavy (non-hydrogen) atoms. The van der Waals surface area contributed by atoms with Gasteiger partial charge in [-0.15, -0.1) is 11.3 Å². The highest BCUT2D eigenvalue weighted by atomic mass is 32.1. The highest BCUT2D eigenvalue weighted by Gasteiger charge is 2.13. The molecule has 6 nitrogen and oxygen atoms in total. The van der Waals surface area contributed by atoms with E-state index in [0.29, 0.717) is 5.69 Å². The van der Waals surface area contributed by atoms with E-state index in [0.717, 1.165) is 16.2 Å². The highest BCUT2D eigenvalue weighted by Crippen LogP contribution is 2.26. The number of thiazole rings is 1. The van der Waals surface area contributed by atoms with Gasteiger partial charge in [-0.3, -0.25) is 0 Å². The fourth-order valence-corrected chi connectivity index (χ4v) is 2.14. The summed E-state index contributed by atoms with van der Waals surface area (Å²) in [6.07, 6.45) is 3.42. The van der Waals surface area contributed by atoms with Crippen LogP contribution < -0.4 is 5.73 Å². The lowest BCUT2D eigenvalue weighted by Gasteiger charge is -1.99. The SMILES string of the molecule is Cn1cnc2c(-c3nccs3)nc(N)nc21. The summed E-state index contributed by atoms with van der Waals surface area (Å²) in [6, 6.07) is 0. The van der Waals surface area contributed by atoms with E-state index in [2.05, 4.69) is 19.9 Å². The van der Waals surface area contributed by atoms with Crippen LogP contribution in [0, 0.1) is 0 Å². The van der Waals surface area contributed by atoms with Crippen molar-refractivity contribution in [2.75, 3.05) is 5.73 Å². The standard InChI is InChI=1S/C9H8N6S/c1-15-4-12-5-6(8-11-2-3-16-8)13-9(10)14-7(5)15/h2-4H,1H3,(H2,10,13,14). The van der Waals surface area contributed by atoms with Gasteiger partial charge in [-0.05, 0) is 0 Å². The van der Waals surface area contributed by atoms with Crippen LogP contribution in [-0.2, 0) is 7.05 Å². The fourth-order valence-electron chi connectivity index (χ4n) is 1.51. The van der Waals surface area contributed by atoms with Gasteiger partial charge in [-0.2, -0.15) is 4.98 Å². The maximum Gasteiger partial charge on any atom is 0.222 e. The van der Waals surface area contributed by atoms with Crippen LogP contribution in [0.25, 0.3) is 21.9 Å². The Morgan fingerprint density at radius 1 is 1.31 bits per heavy atom. The van der Waals surface area contributed by atoms with Crippen LogP contribution in [0.3, 0.4) is 0 Å². The molecule has 0 aliphatic carbocycles. The van der Waals surface area contributed by atoms with Gasteiger partial charge in [0.2, 0.25) is 5.95 Å². The molecular weight excluding hydrogens is 224 g/mol. The molecule has 80 valence electrons. The molecule has 0 radical (unpaired) electrons. The summed E-state index contributed by atoms with van der Waals surface area (Å²) < 4.78 is 1.81. The van der Waals surface area contributed by atoms with Gasteiger partial charge in [0.15, 0.2) is 5.65 Å². The van der Waals surface area contributed by atoms with Gasteiger partial charge in [0.05, 0.1) is 6.33 Å². The number of hydrogen-bond acceptors (Lipinski definition) is 6. The first-order valence-electron chi connectivity index (χ1n) is 4.60. The molecule has 0 aromatic carbocycles. The Labute approximate surface area is 94.8 Å². The number of anilines is 1. The molecule has 0 fully saturated rings. The quantitative estimate of drug-likeness (QED) is 0.678. The zero-order valence-electron chi connectivity index (χ0n) is 8.45. The second-order valence-corrected chi connectivity index (χ2v) is 4.19. The number of aryl methyl sites for hydroxylation is 1. The molecule has 0 aliphatic rings. The fraction of sp³-hybridized carbons (Fsp3) is 0.111. The van der Waals surface area contributed by atoms with Crippen molar-refractivity contribution in [3.8, 4) is 10.7 Å². The molecule has 0 unspecified atom stereocenters. The van der Waals surface area contributed by atoms with E-state index in [4.69, 9.17) is 5.73 Å². The lowest BCUT2D eigenvalue weighted by atomic mass is 10.3. The number of aromatic nitrogens is 5. The van der Waals surface area contributed by atoms with Gasteiger partial charge in [-0.25, -0.2) is 15.0 Å². The van der Waals surface area contributed by atoms with Crippen LogP contribution in [0.1, 0.15) is 0 Å². The van der Waals surface area contributed by atoms with E-state index in [1.807, 2.05) is 17.0 Å². The minimum atomic E-state index is 0.237. The Hall–Kier alpha value is -2.02. The highest BCUT2D eigenvalue weighted by molar-refractivity contribution is 7.13. The molecule has 0 saturated carbocycles. The van der Waals surface area contributed by atoms with Crippen LogP contribution in [-0.4, -0.2) is 24.5 Å². The average molecular weight is 232 g/mol. The summed E-state index contributed by atoms with van der Waals surface area (Å²) in [5, 5.41) is 2.69. The van der Waals surface area contributed by atoms with Crippen molar-refractivity contribution in [3.63, 3.8) is 0 Å². The van der Waals surface area contributed by atoms with Crippen LogP contribution in [0.5, 0.6) is 0 Å². The van der Waals surface area contributed by atoms with Gasteiger partial charge in [0, 0.05) is 18.6 Å². The molecule has 0 aliphatic heterocycles. The van der Waals surface area contributed by atoms with Crippen molar-refractivity contribution in [1.82, 2.24) is 24.5 Å². The molecular formula is C9H8N6S. The molecule has 3 rings (SSSR count). The zero-order valence-corrected chi connectivity index (χ0v) is 9.27. The molecule has 7 heteroatoms. The summed E-state index contributed by atoms with van der Waals surface area (Å²) in [5.41, 5.74) is 7.81. The van der Waals surface area contributed by atoms with Crippen molar-refractivity contribution < 1.29 is 0 Å². The number of fused-ring (bicyclic) bond motifs is 1. The Kier molecular flexibility index (Phi) is 1.87. The molecule has 3 aromatic rings. The molecule has 2 N–H and O–H groups in total. The van der Waals surface area contributed by atoms with Crippen molar-refractivity contribution >= 4 is 28.4 Å². The minimum Gasteiger partial charge on any atom is -0.368 e. The first-order chi connectivity index (χ1) is 7.75. The number of nitrogens with zero attached hydrogens (tertiary/aromatic N) is 5. The third-order valence-corrected chi connectivity index (χ3v) is 2.99. The minimum absolute atomic E-state index is 0.237. The second kappa shape index (κ2) is 3.24.